The Kier molecular flexibility index (Phi) is 8.19. The van der Waals surface area contributed by atoms with Crippen molar-refractivity contribution in [2.75, 3.05) is 4.90 Å². The Balaban J connectivity index is 1.27. The van der Waals surface area contributed by atoms with Crippen LogP contribution in [0.3, 0.4) is 0 Å². The zero-order chi connectivity index (χ0) is 38.4. The molecule has 1 aromatic heterocycles. The highest BCUT2D eigenvalue weighted by atomic mass is 15.2. The quantitative estimate of drug-likeness (QED) is 0.148. The molecule has 0 bridgehead atoms. The van der Waals surface area contributed by atoms with Gasteiger partial charge in [-0.15, -0.1) is 0 Å². The third-order valence-corrected chi connectivity index (χ3v) is 11.6. The molecule has 0 N–H and O–H groups in total. The van der Waals surface area contributed by atoms with Crippen LogP contribution in [-0.2, 0) is 0 Å². The second-order valence-electron chi connectivity index (χ2n) is 14.8. The molecule has 0 fully saturated rings. The summed E-state index contributed by atoms with van der Waals surface area (Å²) in [6.45, 7) is 0. The second kappa shape index (κ2) is 14.1. The first-order valence-corrected chi connectivity index (χ1v) is 19.9. The molecule has 10 aromatic carbocycles. The van der Waals surface area contributed by atoms with Gasteiger partial charge in [0.1, 0.15) is 0 Å². The number of nitrogens with zero attached hydrogens (tertiary/aromatic N) is 2. The number of hydrogen-bond donors (Lipinski definition) is 0. The van der Waals surface area contributed by atoms with Crippen molar-refractivity contribution in [3.8, 4) is 39.1 Å². The molecule has 0 aliphatic carbocycles. The number of anilines is 3. The average Bonchev–Trinajstić information content (AvgIpc) is 3.65. The van der Waals surface area contributed by atoms with E-state index < -0.39 is 0 Å². The minimum Gasteiger partial charge on any atom is -0.309 e. The molecule has 11 aromatic rings. The van der Waals surface area contributed by atoms with E-state index in [1.54, 1.807) is 0 Å². The highest BCUT2D eigenvalue weighted by Gasteiger charge is 2.26. The van der Waals surface area contributed by atoms with E-state index in [0.717, 1.165) is 33.8 Å². The molecular weight excluding hydrogens is 701 g/mol. The Morgan fingerprint density at radius 2 is 0.828 bits per heavy atom. The summed E-state index contributed by atoms with van der Waals surface area (Å²) in [5, 5.41) is 7.29. The summed E-state index contributed by atoms with van der Waals surface area (Å²) in [6, 6.07) is 83.8. The predicted octanol–water partition coefficient (Wildman–Crippen LogP) is 15.6. The maximum Gasteiger partial charge on any atom is 0.0562 e. The van der Waals surface area contributed by atoms with Gasteiger partial charge >= 0.3 is 0 Å². The van der Waals surface area contributed by atoms with Gasteiger partial charge < -0.3 is 9.47 Å². The third-order valence-electron chi connectivity index (χ3n) is 11.6. The molecule has 2 nitrogen and oxygen atoms in total. The third kappa shape index (κ3) is 5.50. The average molecular weight is 739 g/mol. The fraction of sp³-hybridized carbons (Fsp3) is 0. The van der Waals surface area contributed by atoms with Gasteiger partial charge in [0.25, 0.3) is 0 Å². The van der Waals surface area contributed by atoms with E-state index in [4.69, 9.17) is 0 Å². The van der Waals surface area contributed by atoms with Crippen LogP contribution in [0.4, 0.5) is 17.1 Å². The smallest absolute Gasteiger partial charge is 0.0562 e. The van der Waals surface area contributed by atoms with Crippen LogP contribution in [0.2, 0.25) is 0 Å². The molecular formula is C56H38N2. The maximum absolute atomic E-state index is 2.52. The zero-order valence-corrected chi connectivity index (χ0v) is 31.8. The van der Waals surface area contributed by atoms with Crippen molar-refractivity contribution < 1.29 is 0 Å². The molecule has 0 spiro atoms. The maximum atomic E-state index is 2.52. The summed E-state index contributed by atoms with van der Waals surface area (Å²) < 4.78 is 2.49. The van der Waals surface area contributed by atoms with E-state index in [2.05, 4.69) is 240 Å². The van der Waals surface area contributed by atoms with E-state index in [9.17, 15) is 0 Å². The molecule has 58 heavy (non-hydrogen) atoms. The fourth-order valence-corrected chi connectivity index (χ4v) is 9.08. The molecule has 0 amide bonds. The van der Waals surface area contributed by atoms with Gasteiger partial charge in [0.05, 0.1) is 33.8 Å². The number of rotatable bonds is 7. The summed E-state index contributed by atoms with van der Waals surface area (Å²) in [7, 11) is 0. The largest absolute Gasteiger partial charge is 0.309 e. The van der Waals surface area contributed by atoms with E-state index in [1.807, 2.05) is 0 Å². The van der Waals surface area contributed by atoms with E-state index in [-0.39, 0.29) is 0 Å². The number of para-hydroxylation sites is 2. The summed E-state index contributed by atoms with van der Waals surface area (Å²) >= 11 is 0. The lowest BCUT2D eigenvalue weighted by Gasteiger charge is -2.30. The van der Waals surface area contributed by atoms with Crippen LogP contribution in [0.25, 0.3) is 82.4 Å². The normalized spacial score (nSPS) is 11.4. The minimum atomic E-state index is 1.12. The number of fused-ring (bicyclic) bond motifs is 6. The Morgan fingerprint density at radius 3 is 1.59 bits per heavy atom. The molecule has 0 saturated heterocycles. The van der Waals surface area contributed by atoms with E-state index in [1.165, 1.54) is 65.7 Å². The van der Waals surface area contributed by atoms with Gasteiger partial charge in [-0.1, -0.05) is 194 Å². The topological polar surface area (TPSA) is 8.17 Å². The van der Waals surface area contributed by atoms with Crippen LogP contribution in [0.5, 0.6) is 0 Å². The molecule has 1 heterocycles. The minimum absolute atomic E-state index is 1.12. The summed E-state index contributed by atoms with van der Waals surface area (Å²) in [5.74, 6) is 0. The number of hydrogen-bond acceptors (Lipinski definition) is 1. The van der Waals surface area contributed by atoms with Gasteiger partial charge in [-0.3, -0.25) is 0 Å². The standard InChI is InChI=1S/C56H38N2/c1-4-20-39(21-5-1)44-28-14-16-33-49(44)58(54-38-42-26-10-11-27-43(42)46-29-12-13-30-47(46)54)53-37-19-36-52-56(53)48-31-15-17-34-50(48)57(52)51-35-18-32-45(40-22-6-2-7-23-40)55(51)41-24-8-3-9-25-41/h1-38H. The fourth-order valence-electron chi connectivity index (χ4n) is 9.08. The van der Waals surface area contributed by atoms with Crippen LogP contribution in [0.15, 0.2) is 231 Å². The van der Waals surface area contributed by atoms with Crippen molar-refractivity contribution in [1.29, 1.82) is 0 Å². The SMILES string of the molecule is c1ccc(-c2ccccc2N(c2cc3ccccc3c3ccccc23)c2cccc3c2c2ccccc2n3-c2cccc(-c3ccccc3)c2-c2ccccc2)cc1. The lowest BCUT2D eigenvalue weighted by molar-refractivity contribution is 1.18. The van der Waals surface area contributed by atoms with Gasteiger partial charge in [0, 0.05) is 27.3 Å². The van der Waals surface area contributed by atoms with E-state index in [0.29, 0.717) is 0 Å². The van der Waals surface area contributed by atoms with Crippen LogP contribution in [0, 0.1) is 0 Å². The van der Waals surface area contributed by atoms with Crippen molar-refractivity contribution in [3.63, 3.8) is 0 Å². The number of benzene rings is 10. The van der Waals surface area contributed by atoms with Crippen molar-refractivity contribution in [3.05, 3.63) is 231 Å². The lowest BCUT2D eigenvalue weighted by atomic mass is 9.93. The number of aromatic nitrogens is 1. The van der Waals surface area contributed by atoms with Crippen molar-refractivity contribution in [2.45, 2.75) is 0 Å². The molecule has 0 aliphatic rings. The highest BCUT2D eigenvalue weighted by Crippen LogP contribution is 2.50. The highest BCUT2D eigenvalue weighted by molar-refractivity contribution is 6.20. The monoisotopic (exact) mass is 738 g/mol. The molecule has 0 unspecified atom stereocenters. The van der Waals surface area contributed by atoms with Gasteiger partial charge in [0.2, 0.25) is 0 Å². The first-order valence-electron chi connectivity index (χ1n) is 19.9. The molecule has 0 radical (unpaired) electrons. The molecule has 0 aliphatic heterocycles. The van der Waals surface area contributed by atoms with Crippen LogP contribution in [-0.4, -0.2) is 4.57 Å². The lowest BCUT2D eigenvalue weighted by Crippen LogP contribution is -2.12. The zero-order valence-electron chi connectivity index (χ0n) is 31.8. The molecule has 272 valence electrons. The molecule has 2 heteroatoms. The second-order valence-corrected chi connectivity index (χ2v) is 14.8. The Morgan fingerprint density at radius 1 is 0.310 bits per heavy atom. The van der Waals surface area contributed by atoms with Gasteiger partial charge in [0.15, 0.2) is 0 Å². The van der Waals surface area contributed by atoms with Crippen molar-refractivity contribution in [2.24, 2.45) is 0 Å². The Labute approximate surface area is 338 Å². The predicted molar refractivity (Wildman–Crippen MR) is 247 cm³/mol. The molecule has 0 atom stereocenters. The van der Waals surface area contributed by atoms with Crippen LogP contribution < -0.4 is 4.90 Å². The van der Waals surface area contributed by atoms with Crippen molar-refractivity contribution >= 4 is 60.4 Å². The van der Waals surface area contributed by atoms with Crippen LogP contribution >= 0.6 is 0 Å². The summed E-state index contributed by atoms with van der Waals surface area (Å²) in [5.41, 5.74) is 13.9. The first kappa shape index (κ1) is 33.6. The van der Waals surface area contributed by atoms with Gasteiger partial charge in [-0.05, 0) is 74.8 Å². The first-order chi connectivity index (χ1) is 28.8. The van der Waals surface area contributed by atoms with E-state index >= 15 is 0 Å². The summed E-state index contributed by atoms with van der Waals surface area (Å²) in [4.78, 5) is 2.52. The van der Waals surface area contributed by atoms with Crippen molar-refractivity contribution in [1.82, 2.24) is 4.57 Å². The Hall–Kier alpha value is -7.68. The molecule has 11 rings (SSSR count). The molecule has 0 saturated carbocycles. The van der Waals surface area contributed by atoms with Gasteiger partial charge in [-0.2, -0.15) is 0 Å². The van der Waals surface area contributed by atoms with Crippen LogP contribution in [0.1, 0.15) is 0 Å². The van der Waals surface area contributed by atoms with Gasteiger partial charge in [-0.25, -0.2) is 0 Å². The Bertz CT molecular complexity index is 3270. The summed E-state index contributed by atoms with van der Waals surface area (Å²) in [6.07, 6.45) is 0.